The number of rotatable bonds is 8. The number of amides is 1. The number of aliphatic carboxylic acids is 1. The van der Waals surface area contributed by atoms with Crippen LogP contribution in [0.15, 0.2) is 78.9 Å². The van der Waals surface area contributed by atoms with Crippen LogP contribution in [0.1, 0.15) is 29.5 Å². The maximum atomic E-state index is 12.5. The highest BCUT2D eigenvalue weighted by molar-refractivity contribution is 5.84. The van der Waals surface area contributed by atoms with Gasteiger partial charge in [0.25, 0.3) is 0 Å². The molecule has 2 N–H and O–H groups in total. The van der Waals surface area contributed by atoms with Crippen molar-refractivity contribution in [2.24, 2.45) is 0 Å². The first-order valence-corrected chi connectivity index (χ1v) is 10.5. The lowest BCUT2D eigenvalue weighted by Crippen LogP contribution is -2.55. The third-order valence-electron chi connectivity index (χ3n) is 5.70. The number of nitrogens with one attached hydrogen (secondary N) is 1. The summed E-state index contributed by atoms with van der Waals surface area (Å²) in [6.07, 6.45) is -0.792. The van der Waals surface area contributed by atoms with E-state index in [-0.39, 0.29) is 25.7 Å². The molecule has 1 aliphatic carbocycles. The molecule has 0 fully saturated rings. The number of carbonyl (C=O) groups excluding carboxylic acids is 1. The fraction of sp³-hybridized carbons (Fsp3) is 0.231. The van der Waals surface area contributed by atoms with Crippen LogP contribution in [0.5, 0.6) is 0 Å². The number of alkyl carbamates (subject to hydrolysis) is 1. The monoisotopic (exact) mass is 431 g/mol. The van der Waals surface area contributed by atoms with Crippen molar-refractivity contribution in [3.8, 4) is 11.1 Å². The topological polar surface area (TPSA) is 84.9 Å². The summed E-state index contributed by atoms with van der Waals surface area (Å²) in [6.45, 7) is 1.57. The lowest BCUT2D eigenvalue weighted by atomic mass is 9.98. The van der Waals surface area contributed by atoms with Crippen molar-refractivity contribution >= 4 is 12.1 Å². The first-order chi connectivity index (χ1) is 15.5. The zero-order valence-corrected chi connectivity index (χ0v) is 17.8. The number of ether oxygens (including phenoxy) is 2. The summed E-state index contributed by atoms with van der Waals surface area (Å²) in [5.74, 6) is -1.29. The van der Waals surface area contributed by atoms with Gasteiger partial charge >= 0.3 is 12.1 Å². The molecule has 4 rings (SSSR count). The van der Waals surface area contributed by atoms with Gasteiger partial charge < -0.3 is 19.9 Å². The molecular formula is C26H25NO5. The Morgan fingerprint density at radius 1 is 0.906 bits per heavy atom. The van der Waals surface area contributed by atoms with Gasteiger partial charge in [-0.05, 0) is 34.7 Å². The first-order valence-electron chi connectivity index (χ1n) is 10.5. The number of hydrogen-bond donors (Lipinski definition) is 2. The number of carboxylic acids is 1. The van der Waals surface area contributed by atoms with E-state index >= 15 is 0 Å². The third kappa shape index (κ3) is 4.50. The van der Waals surface area contributed by atoms with Gasteiger partial charge in [0.2, 0.25) is 0 Å². The van der Waals surface area contributed by atoms with Crippen molar-refractivity contribution in [3.05, 3.63) is 95.6 Å². The van der Waals surface area contributed by atoms with E-state index in [1.54, 1.807) is 0 Å². The highest BCUT2D eigenvalue weighted by Crippen LogP contribution is 2.44. The molecular weight excluding hydrogens is 406 g/mol. The number of benzene rings is 3. The lowest BCUT2D eigenvalue weighted by molar-refractivity contribution is -0.146. The summed E-state index contributed by atoms with van der Waals surface area (Å²) in [5, 5.41) is 12.1. The van der Waals surface area contributed by atoms with Gasteiger partial charge in [-0.1, -0.05) is 78.9 Å². The number of fused-ring (bicyclic) bond motifs is 3. The molecule has 1 unspecified atom stereocenters. The van der Waals surface area contributed by atoms with Crippen molar-refractivity contribution in [2.75, 3.05) is 13.2 Å². The summed E-state index contributed by atoms with van der Waals surface area (Å²) < 4.78 is 11.0. The Hall–Kier alpha value is -3.64. The molecule has 1 aliphatic rings. The second-order valence-corrected chi connectivity index (χ2v) is 8.07. The quantitative estimate of drug-likeness (QED) is 0.545. The molecule has 1 amide bonds. The molecule has 0 aromatic heterocycles. The largest absolute Gasteiger partial charge is 0.479 e. The molecule has 164 valence electrons. The second kappa shape index (κ2) is 9.24. The van der Waals surface area contributed by atoms with Crippen molar-refractivity contribution in [3.63, 3.8) is 0 Å². The predicted molar refractivity (Wildman–Crippen MR) is 120 cm³/mol. The molecule has 3 aromatic rings. The Bertz CT molecular complexity index is 1070. The molecule has 0 saturated heterocycles. The van der Waals surface area contributed by atoms with Gasteiger partial charge in [-0.2, -0.15) is 0 Å². The van der Waals surface area contributed by atoms with Crippen LogP contribution in [-0.4, -0.2) is 35.9 Å². The molecule has 6 heteroatoms. The van der Waals surface area contributed by atoms with Crippen molar-refractivity contribution < 1.29 is 24.2 Å². The minimum absolute atomic E-state index is 0.0986. The molecule has 0 aliphatic heterocycles. The number of carboxylic acid groups (broad SMARTS) is 1. The van der Waals surface area contributed by atoms with E-state index in [4.69, 9.17) is 9.47 Å². The SMILES string of the molecule is CC(COCc1ccccc1)(NC(=O)OCC1c2ccccc2-c2ccccc21)C(=O)O. The van der Waals surface area contributed by atoms with E-state index in [0.29, 0.717) is 0 Å². The van der Waals surface area contributed by atoms with E-state index in [9.17, 15) is 14.7 Å². The van der Waals surface area contributed by atoms with E-state index < -0.39 is 17.6 Å². The van der Waals surface area contributed by atoms with Gasteiger partial charge in [-0.25, -0.2) is 9.59 Å². The third-order valence-corrected chi connectivity index (χ3v) is 5.70. The van der Waals surface area contributed by atoms with Gasteiger partial charge in [0.1, 0.15) is 6.61 Å². The Morgan fingerprint density at radius 3 is 2.06 bits per heavy atom. The molecule has 0 spiro atoms. The molecule has 0 heterocycles. The van der Waals surface area contributed by atoms with Crippen LogP contribution in [0.25, 0.3) is 11.1 Å². The normalized spacial score (nSPS) is 14.2. The Kier molecular flexibility index (Phi) is 6.23. The number of carbonyl (C=O) groups is 2. The number of hydrogen-bond acceptors (Lipinski definition) is 4. The lowest BCUT2D eigenvalue weighted by Gasteiger charge is -2.26. The minimum atomic E-state index is -1.61. The average molecular weight is 431 g/mol. The summed E-state index contributed by atoms with van der Waals surface area (Å²) in [6, 6.07) is 25.5. The summed E-state index contributed by atoms with van der Waals surface area (Å²) in [7, 11) is 0. The molecule has 32 heavy (non-hydrogen) atoms. The van der Waals surface area contributed by atoms with Crippen LogP contribution in [0, 0.1) is 0 Å². The van der Waals surface area contributed by atoms with E-state index in [0.717, 1.165) is 27.8 Å². The van der Waals surface area contributed by atoms with Crippen LogP contribution in [0.2, 0.25) is 0 Å². The van der Waals surface area contributed by atoms with Gasteiger partial charge in [0, 0.05) is 5.92 Å². The van der Waals surface area contributed by atoms with Crippen LogP contribution in [0.3, 0.4) is 0 Å². The highest BCUT2D eigenvalue weighted by atomic mass is 16.6. The van der Waals surface area contributed by atoms with Crippen LogP contribution < -0.4 is 5.32 Å². The molecule has 6 nitrogen and oxygen atoms in total. The molecule has 0 saturated carbocycles. The first kappa shape index (κ1) is 21.6. The van der Waals surface area contributed by atoms with E-state index in [2.05, 4.69) is 17.4 Å². The van der Waals surface area contributed by atoms with Crippen molar-refractivity contribution in [1.29, 1.82) is 0 Å². The summed E-state index contributed by atoms with van der Waals surface area (Å²) >= 11 is 0. The molecule has 3 aromatic carbocycles. The van der Waals surface area contributed by atoms with Gasteiger partial charge in [-0.15, -0.1) is 0 Å². The standard InChI is InChI=1S/C26H25NO5/c1-26(24(28)29,17-31-15-18-9-3-2-4-10-18)27-25(30)32-16-23-21-13-7-5-11-19(21)20-12-6-8-14-22(20)23/h2-14,23H,15-17H2,1H3,(H,27,30)(H,28,29). The van der Waals surface area contributed by atoms with Gasteiger partial charge in [0.05, 0.1) is 13.2 Å². The molecule has 1 atom stereocenters. The summed E-state index contributed by atoms with van der Waals surface area (Å²) in [4.78, 5) is 24.4. The van der Waals surface area contributed by atoms with Crippen LogP contribution >= 0.6 is 0 Å². The average Bonchev–Trinajstić information content (AvgIpc) is 3.12. The smallest absolute Gasteiger partial charge is 0.408 e. The molecule has 0 radical (unpaired) electrons. The predicted octanol–water partition coefficient (Wildman–Crippen LogP) is 4.59. The molecule has 0 bridgehead atoms. The van der Waals surface area contributed by atoms with Gasteiger partial charge in [0.15, 0.2) is 5.54 Å². The Labute approximate surface area is 186 Å². The highest BCUT2D eigenvalue weighted by Gasteiger charge is 2.37. The van der Waals surface area contributed by atoms with Crippen molar-refractivity contribution in [2.45, 2.75) is 25.0 Å². The Balaban J connectivity index is 1.38. The van der Waals surface area contributed by atoms with Crippen LogP contribution in [0.4, 0.5) is 4.79 Å². The second-order valence-electron chi connectivity index (χ2n) is 8.07. The zero-order chi connectivity index (χ0) is 22.6. The zero-order valence-electron chi connectivity index (χ0n) is 17.8. The fourth-order valence-corrected chi connectivity index (χ4v) is 3.96. The van der Waals surface area contributed by atoms with Gasteiger partial charge in [-0.3, -0.25) is 0 Å². The Morgan fingerprint density at radius 2 is 1.47 bits per heavy atom. The summed E-state index contributed by atoms with van der Waals surface area (Å²) in [5.41, 5.74) is 3.74. The fourth-order valence-electron chi connectivity index (χ4n) is 3.96. The van der Waals surface area contributed by atoms with Crippen LogP contribution in [-0.2, 0) is 20.9 Å². The van der Waals surface area contributed by atoms with E-state index in [1.165, 1.54) is 6.92 Å². The maximum absolute atomic E-state index is 12.5. The van der Waals surface area contributed by atoms with E-state index in [1.807, 2.05) is 66.7 Å². The minimum Gasteiger partial charge on any atom is -0.479 e. The van der Waals surface area contributed by atoms with Crippen molar-refractivity contribution in [1.82, 2.24) is 5.32 Å². The maximum Gasteiger partial charge on any atom is 0.408 e.